The molecule has 0 aliphatic carbocycles. The number of anilines is 1. The van der Waals surface area contributed by atoms with Crippen LogP contribution in [0.4, 0.5) is 5.69 Å². The Morgan fingerprint density at radius 1 is 1.44 bits per heavy atom. The van der Waals surface area contributed by atoms with Gasteiger partial charge in [-0.3, -0.25) is 4.79 Å². The summed E-state index contributed by atoms with van der Waals surface area (Å²) in [5.74, 6) is -1.32. The molecular weight excluding hydrogens is 278 g/mol. The molecule has 2 N–H and O–H groups in total. The Morgan fingerprint density at radius 2 is 2.06 bits per heavy atom. The highest BCUT2D eigenvalue weighted by Gasteiger charge is 2.19. The number of carbonyl (C=O) groups is 2. The largest absolute Gasteiger partial charge is 0.496 e. The predicted molar refractivity (Wildman–Crippen MR) is 62.0 cm³/mol. The number of rotatable bonds is 3. The van der Waals surface area contributed by atoms with E-state index in [0.717, 1.165) is 0 Å². The molecule has 1 aromatic rings. The van der Waals surface area contributed by atoms with Crippen LogP contribution in [0.25, 0.3) is 0 Å². The number of methoxy groups -OCH3 is 1. The maximum atomic E-state index is 11.1. The summed E-state index contributed by atoms with van der Waals surface area (Å²) in [4.78, 5) is 22.1. The van der Waals surface area contributed by atoms with E-state index in [1.807, 2.05) is 0 Å². The molecule has 0 atom stereocenters. The van der Waals surface area contributed by atoms with E-state index in [0.29, 0.717) is 4.47 Å². The summed E-state index contributed by atoms with van der Waals surface area (Å²) in [7, 11) is 1.37. The molecule has 0 unspecified atom stereocenters. The molecule has 0 radical (unpaired) electrons. The van der Waals surface area contributed by atoms with Crippen LogP contribution in [0, 0.1) is 0 Å². The second-order valence-electron chi connectivity index (χ2n) is 2.99. The summed E-state index contributed by atoms with van der Waals surface area (Å²) >= 11 is 3.17. The van der Waals surface area contributed by atoms with Crippen LogP contribution in [0.5, 0.6) is 5.75 Å². The normalized spacial score (nSPS) is 9.69. The van der Waals surface area contributed by atoms with Crippen molar-refractivity contribution in [1.29, 1.82) is 0 Å². The SMILES string of the molecule is COc1ccc(Br)c(NC(C)=O)c1C(=O)O. The second kappa shape index (κ2) is 4.98. The molecule has 1 aromatic carbocycles. The Kier molecular flexibility index (Phi) is 3.89. The fourth-order valence-corrected chi connectivity index (χ4v) is 1.67. The van der Waals surface area contributed by atoms with Gasteiger partial charge in [0.05, 0.1) is 12.8 Å². The number of carboxylic acid groups (broad SMARTS) is 1. The van der Waals surface area contributed by atoms with Gasteiger partial charge in [0.25, 0.3) is 0 Å². The Hall–Kier alpha value is -1.56. The summed E-state index contributed by atoms with van der Waals surface area (Å²) in [6.45, 7) is 1.30. The summed E-state index contributed by atoms with van der Waals surface area (Å²) < 4.78 is 5.42. The number of nitrogens with one attached hydrogen (secondary N) is 1. The Bertz CT molecular complexity index is 445. The Labute approximate surface area is 101 Å². The zero-order chi connectivity index (χ0) is 12.3. The van der Waals surface area contributed by atoms with E-state index in [2.05, 4.69) is 21.2 Å². The number of carboxylic acids is 1. The number of carbonyl (C=O) groups excluding carboxylic acids is 1. The van der Waals surface area contributed by atoms with Crippen molar-refractivity contribution < 1.29 is 19.4 Å². The second-order valence-corrected chi connectivity index (χ2v) is 3.84. The number of hydrogen-bond acceptors (Lipinski definition) is 3. The number of halogens is 1. The average molecular weight is 288 g/mol. The molecule has 0 aromatic heterocycles. The number of amides is 1. The van der Waals surface area contributed by atoms with Crippen LogP contribution in [0.15, 0.2) is 16.6 Å². The third-order valence-corrected chi connectivity index (χ3v) is 2.51. The van der Waals surface area contributed by atoms with Gasteiger partial charge < -0.3 is 15.2 Å². The van der Waals surface area contributed by atoms with Gasteiger partial charge in [-0.1, -0.05) is 0 Å². The van der Waals surface area contributed by atoms with Gasteiger partial charge in [0.1, 0.15) is 11.3 Å². The monoisotopic (exact) mass is 287 g/mol. The lowest BCUT2D eigenvalue weighted by Gasteiger charge is -2.12. The minimum atomic E-state index is -1.16. The standard InChI is InChI=1S/C10H10BrNO4/c1-5(13)12-9-6(11)3-4-7(16-2)8(9)10(14)15/h3-4H,1-2H3,(H,12,13)(H,14,15). The fourth-order valence-electron chi connectivity index (χ4n) is 1.24. The quantitative estimate of drug-likeness (QED) is 0.893. The van der Waals surface area contributed by atoms with Crippen molar-refractivity contribution in [2.75, 3.05) is 12.4 Å². The topological polar surface area (TPSA) is 75.6 Å². The molecule has 0 saturated carbocycles. The molecular formula is C10H10BrNO4. The highest BCUT2D eigenvalue weighted by Crippen LogP contribution is 2.33. The van der Waals surface area contributed by atoms with E-state index in [1.54, 1.807) is 6.07 Å². The van der Waals surface area contributed by atoms with Gasteiger partial charge in [0.15, 0.2) is 0 Å². The first kappa shape index (κ1) is 12.5. The van der Waals surface area contributed by atoms with Gasteiger partial charge in [-0.2, -0.15) is 0 Å². The predicted octanol–water partition coefficient (Wildman–Crippen LogP) is 2.11. The molecule has 0 aliphatic rings. The minimum absolute atomic E-state index is 0.0768. The van der Waals surface area contributed by atoms with E-state index >= 15 is 0 Å². The average Bonchev–Trinajstić information content (AvgIpc) is 2.19. The van der Waals surface area contributed by atoms with E-state index < -0.39 is 5.97 Å². The lowest BCUT2D eigenvalue weighted by atomic mass is 10.1. The summed E-state index contributed by atoms with van der Waals surface area (Å²) in [5.41, 5.74) is 0.117. The molecule has 86 valence electrons. The van der Waals surface area contributed by atoms with Gasteiger partial charge in [0, 0.05) is 11.4 Å². The summed E-state index contributed by atoms with van der Waals surface area (Å²) in [6.07, 6.45) is 0. The zero-order valence-electron chi connectivity index (χ0n) is 8.70. The third-order valence-electron chi connectivity index (χ3n) is 1.85. The summed E-state index contributed by atoms with van der Waals surface area (Å²) in [6, 6.07) is 3.12. The fraction of sp³-hybridized carbons (Fsp3) is 0.200. The zero-order valence-corrected chi connectivity index (χ0v) is 10.3. The Balaban J connectivity index is 3.41. The summed E-state index contributed by atoms with van der Waals surface area (Å²) in [5, 5.41) is 11.5. The maximum Gasteiger partial charge on any atom is 0.341 e. The highest BCUT2D eigenvalue weighted by atomic mass is 79.9. The molecule has 6 heteroatoms. The number of benzene rings is 1. The first-order valence-electron chi connectivity index (χ1n) is 4.34. The van der Waals surface area contributed by atoms with E-state index in [9.17, 15) is 9.59 Å². The maximum absolute atomic E-state index is 11.1. The van der Waals surface area contributed by atoms with E-state index in [1.165, 1.54) is 20.1 Å². The first-order chi connectivity index (χ1) is 7.47. The van der Waals surface area contributed by atoms with Crippen molar-refractivity contribution in [2.24, 2.45) is 0 Å². The van der Waals surface area contributed by atoms with E-state index in [4.69, 9.17) is 9.84 Å². The molecule has 5 nitrogen and oxygen atoms in total. The van der Waals surface area contributed by atoms with Crippen molar-refractivity contribution in [3.8, 4) is 5.75 Å². The van der Waals surface area contributed by atoms with Crippen LogP contribution >= 0.6 is 15.9 Å². The molecule has 0 spiro atoms. The third kappa shape index (κ3) is 2.52. The van der Waals surface area contributed by atoms with Gasteiger partial charge in [0.2, 0.25) is 5.91 Å². The van der Waals surface area contributed by atoms with Gasteiger partial charge in [-0.15, -0.1) is 0 Å². The van der Waals surface area contributed by atoms with Gasteiger partial charge >= 0.3 is 5.97 Å². The van der Waals surface area contributed by atoms with Crippen molar-refractivity contribution >= 4 is 33.5 Å². The lowest BCUT2D eigenvalue weighted by molar-refractivity contribution is -0.114. The minimum Gasteiger partial charge on any atom is -0.496 e. The van der Waals surface area contributed by atoms with Crippen LogP contribution in [0.3, 0.4) is 0 Å². The van der Waals surface area contributed by atoms with Crippen LogP contribution in [-0.2, 0) is 4.79 Å². The first-order valence-corrected chi connectivity index (χ1v) is 5.14. The van der Waals surface area contributed by atoms with Gasteiger partial charge in [-0.05, 0) is 28.1 Å². The molecule has 1 rings (SSSR count). The number of ether oxygens (including phenoxy) is 1. The molecule has 0 saturated heterocycles. The number of aromatic carboxylic acids is 1. The highest BCUT2D eigenvalue weighted by molar-refractivity contribution is 9.10. The molecule has 1 amide bonds. The molecule has 0 heterocycles. The van der Waals surface area contributed by atoms with Crippen molar-refractivity contribution in [2.45, 2.75) is 6.92 Å². The van der Waals surface area contributed by atoms with Crippen LogP contribution < -0.4 is 10.1 Å². The van der Waals surface area contributed by atoms with E-state index in [-0.39, 0.29) is 22.9 Å². The van der Waals surface area contributed by atoms with Crippen molar-refractivity contribution in [1.82, 2.24) is 0 Å². The number of hydrogen-bond donors (Lipinski definition) is 2. The molecule has 16 heavy (non-hydrogen) atoms. The van der Waals surface area contributed by atoms with Crippen LogP contribution in [-0.4, -0.2) is 24.1 Å². The van der Waals surface area contributed by atoms with Crippen molar-refractivity contribution in [3.63, 3.8) is 0 Å². The Morgan fingerprint density at radius 3 is 2.50 bits per heavy atom. The van der Waals surface area contributed by atoms with Gasteiger partial charge in [-0.25, -0.2) is 4.79 Å². The van der Waals surface area contributed by atoms with Crippen LogP contribution in [0.2, 0.25) is 0 Å². The molecule has 0 fully saturated rings. The van der Waals surface area contributed by atoms with Crippen LogP contribution in [0.1, 0.15) is 17.3 Å². The van der Waals surface area contributed by atoms with Crippen molar-refractivity contribution in [3.05, 3.63) is 22.2 Å². The molecule has 0 aliphatic heterocycles. The lowest BCUT2D eigenvalue weighted by Crippen LogP contribution is -2.12. The molecule has 0 bridgehead atoms. The smallest absolute Gasteiger partial charge is 0.341 e.